The fourth-order valence-corrected chi connectivity index (χ4v) is 3.32. The summed E-state index contributed by atoms with van der Waals surface area (Å²) in [5.41, 5.74) is -0.647. The first-order valence-corrected chi connectivity index (χ1v) is 6.64. The Bertz CT molecular complexity index is 431. The summed E-state index contributed by atoms with van der Waals surface area (Å²) in [7, 11) is 1.54. The fourth-order valence-electron chi connectivity index (χ4n) is 3.32. The fraction of sp³-hybridized carbons (Fsp3) is 0.643. The highest BCUT2D eigenvalue weighted by Gasteiger charge is 2.58. The lowest BCUT2D eigenvalue weighted by Crippen LogP contribution is -2.39. The number of likely N-dealkylation sites (tertiary alicyclic amines) is 1. The number of hydrogen-bond donors (Lipinski definition) is 0. The first-order chi connectivity index (χ1) is 9.03. The Kier molecular flexibility index (Phi) is 3.73. The monoisotopic (exact) mass is 265 g/mol. The Morgan fingerprint density at radius 2 is 2.26 bits per heavy atom. The molecule has 1 aliphatic carbocycles. The molecular weight excluding hydrogens is 246 g/mol. The van der Waals surface area contributed by atoms with Gasteiger partial charge in [0.1, 0.15) is 0 Å². The van der Waals surface area contributed by atoms with Gasteiger partial charge in [-0.3, -0.25) is 14.5 Å². The van der Waals surface area contributed by atoms with Gasteiger partial charge in [-0.25, -0.2) is 4.79 Å². The summed E-state index contributed by atoms with van der Waals surface area (Å²) in [6.45, 7) is 3.49. The van der Waals surface area contributed by atoms with Crippen molar-refractivity contribution >= 4 is 17.8 Å². The molecule has 1 heterocycles. The number of esters is 1. The van der Waals surface area contributed by atoms with Crippen molar-refractivity contribution in [2.24, 2.45) is 11.3 Å². The summed E-state index contributed by atoms with van der Waals surface area (Å²) in [6, 6.07) is 0. The van der Waals surface area contributed by atoms with Crippen molar-refractivity contribution in [3.05, 3.63) is 12.7 Å². The highest BCUT2D eigenvalue weighted by atomic mass is 16.5. The van der Waals surface area contributed by atoms with Crippen LogP contribution in [0.3, 0.4) is 0 Å². The summed E-state index contributed by atoms with van der Waals surface area (Å²) in [5.74, 6) is -0.924. The number of ether oxygens (including phenoxy) is 1. The Morgan fingerprint density at radius 3 is 2.95 bits per heavy atom. The highest BCUT2D eigenvalue weighted by Crippen LogP contribution is 2.50. The molecule has 0 spiro atoms. The van der Waals surface area contributed by atoms with Crippen LogP contribution in [0, 0.1) is 11.3 Å². The van der Waals surface area contributed by atoms with E-state index in [2.05, 4.69) is 6.58 Å². The van der Waals surface area contributed by atoms with E-state index in [1.807, 2.05) is 0 Å². The van der Waals surface area contributed by atoms with E-state index in [9.17, 15) is 14.4 Å². The van der Waals surface area contributed by atoms with Crippen molar-refractivity contribution in [2.45, 2.75) is 32.1 Å². The normalized spacial score (nSPS) is 30.2. The van der Waals surface area contributed by atoms with Gasteiger partial charge in [-0.1, -0.05) is 19.4 Å². The molecule has 19 heavy (non-hydrogen) atoms. The van der Waals surface area contributed by atoms with Gasteiger partial charge in [0.15, 0.2) is 0 Å². The second kappa shape index (κ2) is 5.15. The van der Waals surface area contributed by atoms with Gasteiger partial charge < -0.3 is 4.74 Å². The minimum atomic E-state index is -0.647. The van der Waals surface area contributed by atoms with Gasteiger partial charge in [0.25, 0.3) is 0 Å². The molecular formula is C14H19NO4. The third-order valence-electron chi connectivity index (χ3n) is 4.35. The second-order valence-corrected chi connectivity index (χ2v) is 5.28. The smallest absolute Gasteiger partial charge is 0.330 e. The second-order valence-electron chi connectivity index (χ2n) is 5.28. The van der Waals surface area contributed by atoms with Crippen molar-refractivity contribution in [3.8, 4) is 0 Å². The maximum absolute atomic E-state index is 12.4. The van der Waals surface area contributed by atoms with Crippen LogP contribution in [0.4, 0.5) is 0 Å². The summed E-state index contributed by atoms with van der Waals surface area (Å²) < 4.78 is 4.98. The van der Waals surface area contributed by atoms with Crippen LogP contribution < -0.4 is 0 Å². The number of imide groups is 1. The zero-order chi connectivity index (χ0) is 14.0. The molecule has 2 rings (SSSR count). The van der Waals surface area contributed by atoms with E-state index >= 15 is 0 Å². The van der Waals surface area contributed by atoms with Gasteiger partial charge in [0, 0.05) is 13.1 Å². The van der Waals surface area contributed by atoms with E-state index in [4.69, 9.17) is 4.74 Å². The average molecular weight is 265 g/mol. The van der Waals surface area contributed by atoms with E-state index in [0.717, 1.165) is 25.3 Å². The molecule has 0 N–H and O–H groups in total. The maximum Gasteiger partial charge on any atom is 0.330 e. The zero-order valence-corrected chi connectivity index (χ0v) is 11.2. The van der Waals surface area contributed by atoms with Crippen LogP contribution in [0.25, 0.3) is 0 Å². The van der Waals surface area contributed by atoms with Crippen molar-refractivity contribution in [2.75, 3.05) is 13.7 Å². The molecule has 2 fully saturated rings. The van der Waals surface area contributed by atoms with Gasteiger partial charge in [0.2, 0.25) is 11.8 Å². The lowest BCUT2D eigenvalue weighted by atomic mass is 9.66. The standard InChI is InChI=1S/C14H19NO4/c1-3-11(16)19-9-8-14-7-5-4-6-10(14)12(17)15(2)13(14)18/h3,10H,1,4-9H2,2H3. The molecule has 104 valence electrons. The minimum Gasteiger partial charge on any atom is -0.463 e. The van der Waals surface area contributed by atoms with Crippen LogP contribution in [0.2, 0.25) is 0 Å². The topological polar surface area (TPSA) is 63.7 Å². The van der Waals surface area contributed by atoms with Crippen molar-refractivity contribution in [3.63, 3.8) is 0 Å². The molecule has 5 heteroatoms. The maximum atomic E-state index is 12.4. The third kappa shape index (κ3) is 2.17. The number of fused-ring (bicyclic) bond motifs is 1. The average Bonchev–Trinajstić information content (AvgIpc) is 2.62. The molecule has 1 aliphatic heterocycles. The molecule has 1 saturated heterocycles. The molecule has 0 aromatic rings. The molecule has 2 atom stereocenters. The van der Waals surface area contributed by atoms with E-state index in [0.29, 0.717) is 12.8 Å². The van der Waals surface area contributed by atoms with Crippen LogP contribution in [-0.4, -0.2) is 36.3 Å². The SMILES string of the molecule is C=CC(=O)OCCC12CCCCC1C(=O)N(C)C2=O. The molecule has 0 aromatic carbocycles. The lowest BCUT2D eigenvalue weighted by molar-refractivity contribution is -0.144. The lowest BCUT2D eigenvalue weighted by Gasteiger charge is -2.35. The highest BCUT2D eigenvalue weighted by molar-refractivity contribution is 6.07. The van der Waals surface area contributed by atoms with Crippen LogP contribution in [0.15, 0.2) is 12.7 Å². The van der Waals surface area contributed by atoms with Crippen LogP contribution >= 0.6 is 0 Å². The van der Waals surface area contributed by atoms with E-state index in [-0.39, 0.29) is 24.3 Å². The Hall–Kier alpha value is -1.65. The largest absolute Gasteiger partial charge is 0.463 e. The van der Waals surface area contributed by atoms with E-state index in [1.54, 1.807) is 7.05 Å². The van der Waals surface area contributed by atoms with Gasteiger partial charge in [-0.2, -0.15) is 0 Å². The Labute approximate surface area is 112 Å². The molecule has 5 nitrogen and oxygen atoms in total. The third-order valence-corrected chi connectivity index (χ3v) is 4.35. The predicted molar refractivity (Wildman–Crippen MR) is 67.9 cm³/mol. The predicted octanol–water partition coefficient (Wildman–Crippen LogP) is 1.28. The summed E-state index contributed by atoms with van der Waals surface area (Å²) in [4.78, 5) is 36.7. The van der Waals surface area contributed by atoms with Gasteiger partial charge in [-0.15, -0.1) is 0 Å². The van der Waals surface area contributed by atoms with Crippen molar-refractivity contribution in [1.82, 2.24) is 4.90 Å². The van der Waals surface area contributed by atoms with Gasteiger partial charge >= 0.3 is 5.97 Å². The summed E-state index contributed by atoms with van der Waals surface area (Å²) in [6.07, 6.45) is 4.91. The van der Waals surface area contributed by atoms with Gasteiger partial charge in [0.05, 0.1) is 17.9 Å². The Balaban J connectivity index is 2.12. The van der Waals surface area contributed by atoms with Crippen LogP contribution in [0.1, 0.15) is 32.1 Å². The Morgan fingerprint density at radius 1 is 1.53 bits per heavy atom. The molecule has 2 amide bonds. The number of amides is 2. The zero-order valence-electron chi connectivity index (χ0n) is 11.2. The minimum absolute atomic E-state index is 0.0836. The number of carbonyl (C=O) groups is 3. The molecule has 0 bridgehead atoms. The quantitative estimate of drug-likeness (QED) is 0.436. The van der Waals surface area contributed by atoms with E-state index < -0.39 is 11.4 Å². The summed E-state index contributed by atoms with van der Waals surface area (Å²) >= 11 is 0. The molecule has 0 radical (unpaired) electrons. The van der Waals surface area contributed by atoms with Crippen molar-refractivity contribution < 1.29 is 19.1 Å². The first-order valence-electron chi connectivity index (χ1n) is 6.64. The summed E-state index contributed by atoms with van der Waals surface area (Å²) in [5, 5.41) is 0. The number of carbonyl (C=O) groups excluding carboxylic acids is 3. The molecule has 0 aromatic heterocycles. The number of hydrogen-bond acceptors (Lipinski definition) is 4. The van der Waals surface area contributed by atoms with Crippen molar-refractivity contribution in [1.29, 1.82) is 0 Å². The number of rotatable bonds is 4. The van der Waals surface area contributed by atoms with Gasteiger partial charge in [-0.05, 0) is 19.3 Å². The van der Waals surface area contributed by atoms with E-state index in [1.165, 1.54) is 4.90 Å². The molecule has 2 aliphatic rings. The first kappa shape index (κ1) is 13.8. The van der Waals surface area contributed by atoms with Crippen LogP contribution in [0.5, 0.6) is 0 Å². The number of nitrogens with zero attached hydrogens (tertiary/aromatic N) is 1. The van der Waals surface area contributed by atoms with Crippen LogP contribution in [-0.2, 0) is 19.1 Å². The molecule has 1 saturated carbocycles. The molecule has 2 unspecified atom stereocenters.